The van der Waals surface area contributed by atoms with Crippen LogP contribution < -0.4 is 5.32 Å². The Kier molecular flexibility index (Phi) is 7.59. The third kappa shape index (κ3) is 6.37. The second kappa shape index (κ2) is 8.95. The molecule has 0 saturated heterocycles. The van der Waals surface area contributed by atoms with Crippen LogP contribution in [0.1, 0.15) is 52.4 Å². The van der Waals surface area contributed by atoms with Crippen molar-refractivity contribution in [3.63, 3.8) is 0 Å². The lowest BCUT2D eigenvalue weighted by atomic mass is 9.85. The molecule has 1 aliphatic rings. The molecule has 1 fully saturated rings. The maximum absolute atomic E-state index is 11.8. The molecule has 0 radical (unpaired) electrons. The molecule has 0 aliphatic heterocycles. The van der Waals surface area contributed by atoms with Gasteiger partial charge in [-0.25, -0.2) is 4.79 Å². The minimum atomic E-state index is -0.550. The van der Waals surface area contributed by atoms with Crippen molar-refractivity contribution in [1.82, 2.24) is 5.32 Å². The molecule has 1 amide bonds. The molecule has 5 heteroatoms. The Labute approximate surface area is 121 Å². The Morgan fingerprint density at radius 2 is 1.85 bits per heavy atom. The first-order valence-electron chi connectivity index (χ1n) is 7.51. The Morgan fingerprint density at radius 3 is 2.40 bits per heavy atom. The molecule has 1 atom stereocenters. The topological polar surface area (TPSA) is 64.6 Å². The number of nitrogens with one attached hydrogen (secondary N) is 1. The molecule has 0 bridgehead atoms. The number of rotatable bonds is 7. The summed E-state index contributed by atoms with van der Waals surface area (Å²) in [6.07, 6.45) is 6.62. The third-order valence-electron chi connectivity index (χ3n) is 3.66. The number of hydrogen-bond donors (Lipinski definition) is 1. The van der Waals surface area contributed by atoms with E-state index in [0.717, 1.165) is 12.8 Å². The maximum Gasteiger partial charge on any atom is 0.328 e. The van der Waals surface area contributed by atoms with Crippen molar-refractivity contribution in [2.24, 2.45) is 5.92 Å². The van der Waals surface area contributed by atoms with Gasteiger partial charge in [0.15, 0.2) is 0 Å². The summed E-state index contributed by atoms with van der Waals surface area (Å²) in [5.41, 5.74) is 0. The van der Waals surface area contributed by atoms with Crippen LogP contribution in [0.2, 0.25) is 0 Å². The van der Waals surface area contributed by atoms with Gasteiger partial charge in [-0.1, -0.05) is 32.1 Å². The first-order valence-corrected chi connectivity index (χ1v) is 7.51. The summed E-state index contributed by atoms with van der Waals surface area (Å²) < 4.78 is 10.0. The van der Waals surface area contributed by atoms with E-state index in [0.29, 0.717) is 12.3 Å². The van der Waals surface area contributed by atoms with Crippen LogP contribution in [-0.4, -0.2) is 37.7 Å². The van der Waals surface area contributed by atoms with Crippen LogP contribution >= 0.6 is 0 Å². The lowest BCUT2D eigenvalue weighted by Crippen LogP contribution is -2.44. The number of methoxy groups -OCH3 is 1. The van der Waals surface area contributed by atoms with Gasteiger partial charge in [-0.05, 0) is 26.2 Å². The second-order valence-electron chi connectivity index (χ2n) is 5.74. The Balaban J connectivity index is 2.46. The smallest absolute Gasteiger partial charge is 0.328 e. The van der Waals surface area contributed by atoms with E-state index in [1.54, 1.807) is 0 Å². The largest absolute Gasteiger partial charge is 0.467 e. The van der Waals surface area contributed by atoms with Gasteiger partial charge < -0.3 is 14.8 Å². The number of carbonyl (C=O) groups excluding carboxylic acids is 2. The van der Waals surface area contributed by atoms with E-state index >= 15 is 0 Å². The number of esters is 1. The first kappa shape index (κ1) is 17.0. The average Bonchev–Trinajstić information content (AvgIpc) is 2.44. The van der Waals surface area contributed by atoms with Gasteiger partial charge in [0.1, 0.15) is 12.6 Å². The van der Waals surface area contributed by atoms with Crippen molar-refractivity contribution in [2.45, 2.75) is 64.5 Å². The fourth-order valence-electron chi connectivity index (χ4n) is 2.59. The summed E-state index contributed by atoms with van der Waals surface area (Å²) in [5.74, 6) is -0.127. The minimum absolute atomic E-state index is 0.00401. The predicted molar refractivity (Wildman–Crippen MR) is 76.2 cm³/mol. The van der Waals surface area contributed by atoms with E-state index in [4.69, 9.17) is 9.47 Å². The van der Waals surface area contributed by atoms with Crippen molar-refractivity contribution in [2.75, 3.05) is 13.7 Å². The van der Waals surface area contributed by atoms with E-state index in [1.807, 2.05) is 13.8 Å². The molecule has 1 rings (SSSR count). The summed E-state index contributed by atoms with van der Waals surface area (Å²) in [6, 6.07) is -0.550. The van der Waals surface area contributed by atoms with Crippen LogP contribution in [0.4, 0.5) is 0 Å². The summed E-state index contributed by atoms with van der Waals surface area (Å²) >= 11 is 0. The van der Waals surface area contributed by atoms with E-state index in [1.165, 1.54) is 26.4 Å². The first-order chi connectivity index (χ1) is 9.52. The van der Waals surface area contributed by atoms with Crippen LogP contribution in [0.3, 0.4) is 0 Å². The number of hydrogen-bond acceptors (Lipinski definition) is 4. The van der Waals surface area contributed by atoms with Crippen molar-refractivity contribution in [3.8, 4) is 0 Å². The quantitative estimate of drug-likeness (QED) is 0.727. The van der Waals surface area contributed by atoms with Crippen molar-refractivity contribution in [1.29, 1.82) is 0 Å². The van der Waals surface area contributed by atoms with Gasteiger partial charge >= 0.3 is 5.97 Å². The normalized spacial score (nSPS) is 17.8. The zero-order valence-corrected chi connectivity index (χ0v) is 12.8. The molecule has 5 nitrogen and oxygen atoms in total. The Hall–Kier alpha value is -1.10. The number of amides is 1. The van der Waals surface area contributed by atoms with Crippen LogP contribution in [0, 0.1) is 5.92 Å². The highest BCUT2D eigenvalue weighted by atomic mass is 16.5. The number of carbonyl (C=O) groups is 2. The van der Waals surface area contributed by atoms with Gasteiger partial charge in [0.05, 0.1) is 13.2 Å². The number of ether oxygens (including phenoxy) is 2. The maximum atomic E-state index is 11.8. The fourth-order valence-corrected chi connectivity index (χ4v) is 2.59. The molecule has 116 valence electrons. The highest BCUT2D eigenvalue weighted by Crippen LogP contribution is 2.27. The lowest BCUT2D eigenvalue weighted by molar-refractivity contribution is -0.146. The van der Waals surface area contributed by atoms with E-state index < -0.39 is 6.04 Å². The van der Waals surface area contributed by atoms with Crippen LogP contribution in [0.15, 0.2) is 0 Å². The van der Waals surface area contributed by atoms with E-state index in [2.05, 4.69) is 5.32 Å². The fraction of sp³-hybridized carbons (Fsp3) is 0.867. The molecule has 20 heavy (non-hydrogen) atoms. The zero-order valence-electron chi connectivity index (χ0n) is 12.8. The third-order valence-corrected chi connectivity index (χ3v) is 3.66. The minimum Gasteiger partial charge on any atom is -0.467 e. The summed E-state index contributed by atoms with van der Waals surface area (Å²) in [4.78, 5) is 23.6. The molecule has 1 aliphatic carbocycles. The molecule has 0 unspecified atom stereocenters. The van der Waals surface area contributed by atoms with Gasteiger partial charge in [-0.2, -0.15) is 0 Å². The Morgan fingerprint density at radius 1 is 1.20 bits per heavy atom. The highest BCUT2D eigenvalue weighted by Gasteiger charge is 2.26. The zero-order chi connectivity index (χ0) is 15.0. The molecule has 0 aromatic carbocycles. The lowest BCUT2D eigenvalue weighted by Gasteiger charge is -2.25. The molecule has 1 N–H and O–H groups in total. The average molecular weight is 285 g/mol. The SMILES string of the molecule is COC(=O)[C@@H](CC1CCCCC1)NC(=O)COC(C)C. The van der Waals surface area contributed by atoms with Crippen LogP contribution in [0.25, 0.3) is 0 Å². The standard InChI is InChI=1S/C15H27NO4/c1-11(2)20-10-14(17)16-13(15(18)19-3)9-12-7-5-4-6-8-12/h11-13H,4-10H2,1-3H3,(H,16,17)/t13-/m1/s1. The molecule has 0 spiro atoms. The van der Waals surface area contributed by atoms with Gasteiger partial charge in [0, 0.05) is 0 Å². The molecule has 0 heterocycles. The monoisotopic (exact) mass is 285 g/mol. The summed E-state index contributed by atoms with van der Waals surface area (Å²) in [5, 5.41) is 2.73. The van der Waals surface area contributed by atoms with Gasteiger partial charge in [0.25, 0.3) is 0 Å². The van der Waals surface area contributed by atoms with Crippen LogP contribution in [-0.2, 0) is 19.1 Å². The molecular formula is C15H27NO4. The Bertz CT molecular complexity index is 311. The van der Waals surface area contributed by atoms with Crippen molar-refractivity contribution in [3.05, 3.63) is 0 Å². The van der Waals surface area contributed by atoms with Gasteiger partial charge in [0.2, 0.25) is 5.91 Å². The summed E-state index contributed by atoms with van der Waals surface area (Å²) in [6.45, 7) is 3.72. The summed E-state index contributed by atoms with van der Waals surface area (Å²) in [7, 11) is 1.35. The van der Waals surface area contributed by atoms with Crippen LogP contribution in [0.5, 0.6) is 0 Å². The molecular weight excluding hydrogens is 258 g/mol. The second-order valence-corrected chi connectivity index (χ2v) is 5.74. The highest BCUT2D eigenvalue weighted by molar-refractivity contribution is 5.85. The molecule has 1 saturated carbocycles. The predicted octanol–water partition coefficient (Wildman–Crippen LogP) is 2.04. The van der Waals surface area contributed by atoms with Gasteiger partial charge in [-0.15, -0.1) is 0 Å². The molecule has 0 aromatic heterocycles. The molecule has 0 aromatic rings. The van der Waals surface area contributed by atoms with Crippen molar-refractivity contribution < 1.29 is 19.1 Å². The van der Waals surface area contributed by atoms with Gasteiger partial charge in [-0.3, -0.25) is 4.79 Å². The van der Waals surface area contributed by atoms with E-state index in [-0.39, 0.29) is 24.6 Å². The van der Waals surface area contributed by atoms with E-state index in [9.17, 15) is 9.59 Å². The van der Waals surface area contributed by atoms with Crippen molar-refractivity contribution >= 4 is 11.9 Å².